The maximum absolute atomic E-state index is 12.2. The normalized spacial score (nSPS) is 20.4. The van der Waals surface area contributed by atoms with Crippen LogP contribution >= 0.6 is 11.8 Å². The molecule has 7 nitrogen and oxygen atoms in total. The van der Waals surface area contributed by atoms with Gasteiger partial charge in [0.25, 0.3) is 5.91 Å². The summed E-state index contributed by atoms with van der Waals surface area (Å²) in [5.74, 6) is -0.620. The topological polar surface area (TPSA) is 88.1 Å². The van der Waals surface area contributed by atoms with E-state index in [1.807, 2.05) is 4.90 Å². The monoisotopic (exact) mass is 361 g/mol. The summed E-state index contributed by atoms with van der Waals surface area (Å²) in [5, 5.41) is 2.90. The maximum Gasteiger partial charge on any atom is 0.262 e. The molecule has 0 aliphatic carbocycles. The maximum atomic E-state index is 12.2. The molecule has 132 valence electrons. The quantitative estimate of drug-likeness (QED) is 0.819. The minimum Gasteiger partial charge on any atom is -0.378 e. The predicted molar refractivity (Wildman–Crippen MR) is 95.9 cm³/mol. The summed E-state index contributed by atoms with van der Waals surface area (Å²) >= 11 is 1.33. The number of hydrogen-bond donors (Lipinski definition) is 1. The number of carbonyl (C=O) groups excluding carboxylic acids is 3. The van der Waals surface area contributed by atoms with Crippen LogP contribution in [-0.4, -0.2) is 59.2 Å². The highest BCUT2D eigenvalue weighted by atomic mass is 32.2. The lowest BCUT2D eigenvalue weighted by Crippen LogP contribution is -2.39. The van der Waals surface area contributed by atoms with Crippen molar-refractivity contribution in [2.45, 2.75) is 18.6 Å². The van der Waals surface area contributed by atoms with E-state index in [2.05, 4.69) is 10.3 Å². The summed E-state index contributed by atoms with van der Waals surface area (Å²) in [4.78, 5) is 41.8. The molecule has 3 rings (SSSR count). The van der Waals surface area contributed by atoms with E-state index in [0.29, 0.717) is 42.7 Å². The summed E-state index contributed by atoms with van der Waals surface area (Å²) in [6, 6.07) is 6.74. The number of morpholine rings is 1. The Morgan fingerprint density at radius 1 is 1.36 bits per heavy atom. The molecular formula is C17H19N3O4S. The number of amides is 2. The summed E-state index contributed by atoms with van der Waals surface area (Å²) in [6.45, 7) is 4.11. The lowest BCUT2D eigenvalue weighted by atomic mass is 10.1. The molecule has 2 aliphatic rings. The van der Waals surface area contributed by atoms with Crippen LogP contribution in [-0.2, 0) is 14.3 Å². The number of amidine groups is 1. The molecule has 2 heterocycles. The number of benzene rings is 1. The molecule has 1 aromatic carbocycles. The Morgan fingerprint density at radius 3 is 2.84 bits per heavy atom. The van der Waals surface area contributed by atoms with Crippen LogP contribution in [0.3, 0.4) is 0 Å². The second-order valence-electron chi connectivity index (χ2n) is 5.83. The predicted octanol–water partition coefficient (Wildman–Crippen LogP) is 1.55. The van der Waals surface area contributed by atoms with E-state index in [1.165, 1.54) is 18.7 Å². The number of Topliss-reactive ketones (excluding diaryl/α,β-unsaturated/α-hetero) is 1. The van der Waals surface area contributed by atoms with E-state index in [1.54, 1.807) is 24.3 Å². The van der Waals surface area contributed by atoms with Gasteiger partial charge in [0.1, 0.15) is 5.25 Å². The fraction of sp³-hybridized carbons (Fsp3) is 0.412. The molecule has 25 heavy (non-hydrogen) atoms. The fourth-order valence-electron chi connectivity index (χ4n) is 2.60. The lowest BCUT2D eigenvalue weighted by molar-refractivity contribution is -0.121. The third-order valence-electron chi connectivity index (χ3n) is 3.93. The number of ether oxygens (including phenoxy) is 1. The van der Waals surface area contributed by atoms with Gasteiger partial charge in [-0.1, -0.05) is 23.9 Å². The van der Waals surface area contributed by atoms with Gasteiger partial charge in [0.05, 0.1) is 13.2 Å². The largest absolute Gasteiger partial charge is 0.378 e. The van der Waals surface area contributed by atoms with Crippen molar-refractivity contribution in [3.05, 3.63) is 29.8 Å². The van der Waals surface area contributed by atoms with Crippen molar-refractivity contribution in [1.29, 1.82) is 0 Å². The van der Waals surface area contributed by atoms with E-state index in [-0.39, 0.29) is 24.0 Å². The van der Waals surface area contributed by atoms with E-state index < -0.39 is 5.25 Å². The second kappa shape index (κ2) is 7.79. The Bertz CT molecular complexity index is 728. The SMILES string of the molecule is CC(=O)c1cccc(NC(=O)C[C@@H]2SC(N3CCOCC3)=NC2=O)c1. The molecule has 0 unspecified atom stereocenters. The van der Waals surface area contributed by atoms with Crippen LogP contribution in [0.25, 0.3) is 0 Å². The molecule has 1 N–H and O–H groups in total. The van der Waals surface area contributed by atoms with Gasteiger partial charge in [0.15, 0.2) is 11.0 Å². The molecule has 1 saturated heterocycles. The third kappa shape index (κ3) is 4.46. The van der Waals surface area contributed by atoms with Crippen molar-refractivity contribution >= 4 is 40.2 Å². The number of anilines is 1. The van der Waals surface area contributed by atoms with Crippen molar-refractivity contribution in [1.82, 2.24) is 4.90 Å². The van der Waals surface area contributed by atoms with Crippen LogP contribution in [0.4, 0.5) is 5.69 Å². The first-order chi connectivity index (χ1) is 12.0. The summed E-state index contributed by atoms with van der Waals surface area (Å²) in [6.07, 6.45) is 0.0468. The molecule has 0 saturated carbocycles. The first-order valence-corrected chi connectivity index (χ1v) is 8.93. The zero-order valence-electron chi connectivity index (χ0n) is 13.9. The molecule has 1 aromatic rings. The van der Waals surface area contributed by atoms with Gasteiger partial charge < -0.3 is 15.0 Å². The van der Waals surface area contributed by atoms with Gasteiger partial charge in [-0.2, -0.15) is 4.99 Å². The van der Waals surface area contributed by atoms with Crippen LogP contribution in [0.5, 0.6) is 0 Å². The molecule has 2 aliphatic heterocycles. The number of nitrogens with one attached hydrogen (secondary N) is 1. The van der Waals surface area contributed by atoms with E-state index in [0.717, 1.165) is 0 Å². The average Bonchev–Trinajstić information content (AvgIpc) is 2.96. The number of hydrogen-bond acceptors (Lipinski definition) is 6. The van der Waals surface area contributed by atoms with E-state index in [9.17, 15) is 14.4 Å². The first kappa shape index (κ1) is 17.6. The number of ketones is 1. The Hall–Kier alpha value is -2.19. The van der Waals surface area contributed by atoms with Crippen molar-refractivity contribution in [3.8, 4) is 0 Å². The Kier molecular flexibility index (Phi) is 5.50. The number of thioether (sulfide) groups is 1. The highest BCUT2D eigenvalue weighted by Gasteiger charge is 2.33. The highest BCUT2D eigenvalue weighted by Crippen LogP contribution is 2.28. The molecular weight excluding hydrogens is 342 g/mol. The van der Waals surface area contributed by atoms with Crippen LogP contribution in [0.2, 0.25) is 0 Å². The molecule has 0 radical (unpaired) electrons. The zero-order chi connectivity index (χ0) is 17.8. The van der Waals surface area contributed by atoms with Crippen LogP contribution in [0, 0.1) is 0 Å². The molecule has 0 spiro atoms. The number of carbonyl (C=O) groups is 3. The number of aliphatic imine (C=N–C) groups is 1. The third-order valence-corrected chi connectivity index (χ3v) is 5.15. The van der Waals surface area contributed by atoms with Gasteiger partial charge in [-0.25, -0.2) is 0 Å². The summed E-state index contributed by atoms with van der Waals surface area (Å²) in [5.41, 5.74) is 1.07. The number of rotatable bonds is 4. The van der Waals surface area contributed by atoms with E-state index in [4.69, 9.17) is 4.74 Å². The van der Waals surface area contributed by atoms with Gasteiger partial charge in [0.2, 0.25) is 5.91 Å². The van der Waals surface area contributed by atoms with Crippen molar-refractivity contribution < 1.29 is 19.1 Å². The van der Waals surface area contributed by atoms with Crippen LogP contribution in [0.15, 0.2) is 29.3 Å². The Balaban J connectivity index is 1.56. The Morgan fingerprint density at radius 2 is 2.12 bits per heavy atom. The van der Waals surface area contributed by atoms with Gasteiger partial charge in [0, 0.05) is 30.8 Å². The van der Waals surface area contributed by atoms with Crippen LogP contribution < -0.4 is 5.32 Å². The van der Waals surface area contributed by atoms with Crippen LogP contribution in [0.1, 0.15) is 23.7 Å². The molecule has 0 bridgehead atoms. The number of nitrogens with zero attached hydrogens (tertiary/aromatic N) is 2. The zero-order valence-corrected chi connectivity index (χ0v) is 14.7. The Labute approximate surface area is 149 Å². The van der Waals surface area contributed by atoms with E-state index >= 15 is 0 Å². The standard InChI is InChI=1S/C17H19N3O4S/c1-11(21)12-3-2-4-13(9-12)18-15(22)10-14-16(23)19-17(25-14)20-5-7-24-8-6-20/h2-4,9,14H,5-8,10H2,1H3,(H,18,22)/t14-/m0/s1. The van der Waals surface area contributed by atoms with Crippen molar-refractivity contribution in [2.24, 2.45) is 4.99 Å². The average molecular weight is 361 g/mol. The molecule has 0 aromatic heterocycles. The minimum atomic E-state index is -0.506. The summed E-state index contributed by atoms with van der Waals surface area (Å²) < 4.78 is 5.29. The second-order valence-corrected chi connectivity index (χ2v) is 7.00. The lowest BCUT2D eigenvalue weighted by Gasteiger charge is -2.27. The van der Waals surface area contributed by atoms with Gasteiger partial charge >= 0.3 is 0 Å². The highest BCUT2D eigenvalue weighted by molar-refractivity contribution is 8.15. The molecule has 1 fully saturated rings. The fourth-order valence-corrected chi connectivity index (χ4v) is 3.71. The van der Waals surface area contributed by atoms with Gasteiger partial charge in [-0.15, -0.1) is 0 Å². The van der Waals surface area contributed by atoms with Crippen molar-refractivity contribution in [2.75, 3.05) is 31.6 Å². The van der Waals surface area contributed by atoms with Gasteiger partial charge in [-0.3, -0.25) is 14.4 Å². The summed E-state index contributed by atoms with van der Waals surface area (Å²) in [7, 11) is 0. The van der Waals surface area contributed by atoms with Gasteiger partial charge in [-0.05, 0) is 19.1 Å². The molecule has 8 heteroatoms. The molecule has 1 atom stereocenters. The minimum absolute atomic E-state index is 0.0468. The first-order valence-electron chi connectivity index (χ1n) is 8.05. The molecule has 2 amide bonds. The smallest absolute Gasteiger partial charge is 0.262 e. The van der Waals surface area contributed by atoms with Crippen molar-refractivity contribution in [3.63, 3.8) is 0 Å².